The van der Waals surface area contributed by atoms with E-state index in [1.807, 2.05) is 0 Å². The van der Waals surface area contributed by atoms with Crippen molar-refractivity contribution in [2.24, 2.45) is 5.92 Å². The number of nitrogens with zero attached hydrogens (tertiary/aromatic N) is 3. The molecule has 0 radical (unpaired) electrons. The third-order valence-corrected chi connectivity index (χ3v) is 4.34. The Morgan fingerprint density at radius 3 is 2.71 bits per heavy atom. The minimum absolute atomic E-state index is 0. The Bertz CT molecular complexity index is 528. The first-order valence-corrected chi connectivity index (χ1v) is 7.99. The average Bonchev–Trinajstić information content (AvgIpc) is 2.99. The van der Waals surface area contributed by atoms with Gasteiger partial charge in [0.2, 0.25) is 5.95 Å². The molecular weight excluding hydrogens is 353 g/mol. The molecule has 7 nitrogen and oxygen atoms in total. The maximum atomic E-state index is 12.2. The third-order valence-electron chi connectivity index (χ3n) is 4.34. The Kier molecular flexibility index (Phi) is 8.69. The molecule has 24 heavy (non-hydrogen) atoms. The zero-order valence-corrected chi connectivity index (χ0v) is 15.1. The number of halogens is 2. The Balaban J connectivity index is 0.00000144. The van der Waals surface area contributed by atoms with Gasteiger partial charge in [0.05, 0.1) is 6.10 Å². The van der Waals surface area contributed by atoms with Gasteiger partial charge in [-0.25, -0.2) is 9.97 Å². The molecule has 1 aromatic heterocycles. The lowest BCUT2D eigenvalue weighted by atomic mass is 10.1. The van der Waals surface area contributed by atoms with Crippen LogP contribution in [0.1, 0.15) is 29.8 Å². The molecule has 0 spiro atoms. The number of rotatable bonds is 4. The number of carbonyl (C=O) groups is 1. The molecule has 2 saturated heterocycles. The number of amides is 1. The lowest BCUT2D eigenvalue weighted by Crippen LogP contribution is -2.35. The number of hydrogen-bond acceptors (Lipinski definition) is 6. The molecule has 9 heteroatoms. The molecule has 2 aliphatic rings. The van der Waals surface area contributed by atoms with Crippen LogP contribution < -0.4 is 15.5 Å². The normalized spacial score (nSPS) is 23.1. The summed E-state index contributed by atoms with van der Waals surface area (Å²) >= 11 is 0. The van der Waals surface area contributed by atoms with Gasteiger partial charge in [-0.05, 0) is 25.3 Å². The SMILES string of the molecule is Cl.Cl.O=C(NCC1CNCC1O)c1ccnc(N2CCCCC2)n1. The van der Waals surface area contributed by atoms with Crippen molar-refractivity contribution in [3.05, 3.63) is 18.0 Å². The number of nitrogens with one attached hydrogen (secondary N) is 2. The van der Waals surface area contributed by atoms with Crippen LogP contribution in [0.3, 0.4) is 0 Å². The predicted octanol–water partition coefficient (Wildman–Crippen LogP) is 0.621. The molecule has 0 aliphatic carbocycles. The summed E-state index contributed by atoms with van der Waals surface area (Å²) in [6.07, 6.45) is 4.78. The number of aliphatic hydroxyl groups excluding tert-OH is 1. The first-order valence-electron chi connectivity index (χ1n) is 7.99. The maximum Gasteiger partial charge on any atom is 0.270 e. The lowest BCUT2D eigenvalue weighted by Gasteiger charge is -2.26. The van der Waals surface area contributed by atoms with E-state index in [-0.39, 0.29) is 36.6 Å². The molecule has 0 bridgehead atoms. The van der Waals surface area contributed by atoms with E-state index in [0.717, 1.165) is 32.5 Å². The van der Waals surface area contributed by atoms with Crippen molar-refractivity contribution in [3.63, 3.8) is 0 Å². The summed E-state index contributed by atoms with van der Waals surface area (Å²) in [5.41, 5.74) is 0.385. The van der Waals surface area contributed by atoms with Gasteiger partial charge in [0.25, 0.3) is 5.91 Å². The van der Waals surface area contributed by atoms with E-state index in [0.29, 0.717) is 24.7 Å². The highest BCUT2D eigenvalue weighted by molar-refractivity contribution is 5.92. The molecule has 0 saturated carbocycles. The molecule has 1 aromatic rings. The number of aliphatic hydroxyl groups is 1. The van der Waals surface area contributed by atoms with Crippen LogP contribution in [0.4, 0.5) is 5.95 Å². The zero-order chi connectivity index (χ0) is 15.4. The number of β-amino-alcohol motifs (C(OH)–C–C–N with tert-alkyl or cyclic N) is 1. The zero-order valence-electron chi connectivity index (χ0n) is 13.5. The Labute approximate surface area is 154 Å². The fourth-order valence-electron chi connectivity index (χ4n) is 2.96. The van der Waals surface area contributed by atoms with E-state index < -0.39 is 6.10 Å². The smallest absolute Gasteiger partial charge is 0.270 e. The first kappa shape index (κ1) is 20.9. The number of anilines is 1. The van der Waals surface area contributed by atoms with Crippen LogP contribution >= 0.6 is 24.8 Å². The van der Waals surface area contributed by atoms with E-state index >= 15 is 0 Å². The highest BCUT2D eigenvalue weighted by Gasteiger charge is 2.25. The van der Waals surface area contributed by atoms with Crippen molar-refractivity contribution in [1.29, 1.82) is 0 Å². The first-order chi connectivity index (χ1) is 10.7. The van der Waals surface area contributed by atoms with Crippen LogP contribution in [0, 0.1) is 5.92 Å². The molecule has 2 aliphatic heterocycles. The molecule has 2 fully saturated rings. The van der Waals surface area contributed by atoms with E-state index in [9.17, 15) is 9.90 Å². The van der Waals surface area contributed by atoms with Crippen LogP contribution in [-0.4, -0.2) is 59.8 Å². The van der Waals surface area contributed by atoms with Gasteiger partial charge in [-0.1, -0.05) is 0 Å². The van der Waals surface area contributed by atoms with Crippen molar-refractivity contribution in [1.82, 2.24) is 20.6 Å². The molecule has 3 rings (SSSR count). The standard InChI is InChI=1S/C15H23N5O2.2ClH/c21-13-10-16-8-11(13)9-18-14(22)12-4-5-17-15(19-12)20-6-2-1-3-7-20;;/h4-5,11,13,16,21H,1-3,6-10H2,(H,18,22);2*1H. The van der Waals surface area contributed by atoms with Crippen LogP contribution in [0.25, 0.3) is 0 Å². The summed E-state index contributed by atoms with van der Waals surface area (Å²) in [5.74, 6) is 0.488. The molecule has 0 aromatic carbocycles. The van der Waals surface area contributed by atoms with Crippen molar-refractivity contribution in [2.45, 2.75) is 25.4 Å². The molecular formula is C15H25Cl2N5O2. The van der Waals surface area contributed by atoms with Crippen LogP contribution in [0.5, 0.6) is 0 Å². The van der Waals surface area contributed by atoms with Crippen molar-refractivity contribution < 1.29 is 9.90 Å². The largest absolute Gasteiger partial charge is 0.391 e. The quantitative estimate of drug-likeness (QED) is 0.712. The van der Waals surface area contributed by atoms with Crippen LogP contribution in [0.2, 0.25) is 0 Å². The second-order valence-electron chi connectivity index (χ2n) is 5.99. The number of aromatic nitrogens is 2. The van der Waals surface area contributed by atoms with Gasteiger partial charge in [0, 0.05) is 44.8 Å². The van der Waals surface area contributed by atoms with Gasteiger partial charge in [0.15, 0.2) is 0 Å². The summed E-state index contributed by atoms with van der Waals surface area (Å²) in [6, 6.07) is 1.63. The molecule has 3 N–H and O–H groups in total. The van der Waals surface area contributed by atoms with E-state index in [2.05, 4.69) is 25.5 Å². The van der Waals surface area contributed by atoms with Crippen molar-refractivity contribution >= 4 is 36.7 Å². The van der Waals surface area contributed by atoms with Gasteiger partial charge >= 0.3 is 0 Å². The summed E-state index contributed by atoms with van der Waals surface area (Å²) in [7, 11) is 0. The fraction of sp³-hybridized carbons (Fsp3) is 0.667. The Hall–Kier alpha value is -1.15. The van der Waals surface area contributed by atoms with E-state index in [1.54, 1.807) is 12.3 Å². The van der Waals surface area contributed by atoms with Crippen LogP contribution in [-0.2, 0) is 0 Å². The van der Waals surface area contributed by atoms with Gasteiger partial charge < -0.3 is 20.6 Å². The van der Waals surface area contributed by atoms with Crippen molar-refractivity contribution in [3.8, 4) is 0 Å². The van der Waals surface area contributed by atoms with Gasteiger partial charge in [-0.2, -0.15) is 0 Å². The van der Waals surface area contributed by atoms with Gasteiger partial charge in [-0.15, -0.1) is 24.8 Å². The molecule has 136 valence electrons. The number of hydrogen-bond donors (Lipinski definition) is 3. The monoisotopic (exact) mass is 377 g/mol. The summed E-state index contributed by atoms with van der Waals surface area (Å²) < 4.78 is 0. The maximum absolute atomic E-state index is 12.2. The lowest BCUT2D eigenvalue weighted by molar-refractivity contribution is 0.0922. The molecule has 2 atom stereocenters. The topological polar surface area (TPSA) is 90.4 Å². The molecule has 2 unspecified atom stereocenters. The predicted molar refractivity (Wildman–Crippen MR) is 97.3 cm³/mol. The third kappa shape index (κ3) is 5.17. The fourth-order valence-corrected chi connectivity index (χ4v) is 2.96. The van der Waals surface area contributed by atoms with E-state index in [1.165, 1.54) is 6.42 Å². The molecule has 3 heterocycles. The highest BCUT2D eigenvalue weighted by Crippen LogP contribution is 2.15. The second-order valence-corrected chi connectivity index (χ2v) is 5.99. The summed E-state index contributed by atoms with van der Waals surface area (Å²) in [4.78, 5) is 23.0. The highest BCUT2D eigenvalue weighted by atomic mass is 35.5. The van der Waals surface area contributed by atoms with Gasteiger partial charge in [0.1, 0.15) is 5.69 Å². The average molecular weight is 378 g/mol. The van der Waals surface area contributed by atoms with Crippen LogP contribution in [0.15, 0.2) is 12.3 Å². The summed E-state index contributed by atoms with van der Waals surface area (Å²) in [5, 5.41) is 15.7. The van der Waals surface area contributed by atoms with Gasteiger partial charge in [-0.3, -0.25) is 4.79 Å². The van der Waals surface area contributed by atoms with Crippen molar-refractivity contribution in [2.75, 3.05) is 37.6 Å². The number of carbonyl (C=O) groups excluding carboxylic acids is 1. The summed E-state index contributed by atoms with van der Waals surface area (Å²) in [6.45, 7) is 3.67. The Morgan fingerprint density at radius 1 is 1.29 bits per heavy atom. The second kappa shape index (κ2) is 9.98. The van der Waals surface area contributed by atoms with E-state index in [4.69, 9.17) is 0 Å². The minimum atomic E-state index is -0.394. The minimum Gasteiger partial charge on any atom is -0.391 e. The molecule has 1 amide bonds. The number of piperidine rings is 1. The Morgan fingerprint density at radius 2 is 2.04 bits per heavy atom.